The van der Waals surface area contributed by atoms with Crippen molar-refractivity contribution in [1.82, 2.24) is 9.88 Å². The van der Waals surface area contributed by atoms with Gasteiger partial charge >= 0.3 is 0 Å². The van der Waals surface area contributed by atoms with Crippen LogP contribution in [0.15, 0.2) is 33.7 Å². The molecule has 2 rings (SSSR count). The number of amides is 1. The molecule has 1 heterocycles. The minimum absolute atomic E-state index is 0.125. The number of nitrogens with one attached hydrogen (secondary N) is 2. The van der Waals surface area contributed by atoms with E-state index < -0.39 is 10.0 Å². The van der Waals surface area contributed by atoms with Crippen LogP contribution in [-0.4, -0.2) is 26.0 Å². The van der Waals surface area contributed by atoms with Gasteiger partial charge in [-0.15, -0.1) is 0 Å². The number of anilines is 1. The van der Waals surface area contributed by atoms with Crippen molar-refractivity contribution in [3.8, 4) is 0 Å². The molecule has 0 saturated heterocycles. The zero-order chi connectivity index (χ0) is 20.7. The number of rotatable bonds is 9. The summed E-state index contributed by atoms with van der Waals surface area (Å²) in [5, 5.41) is 6.64. The van der Waals surface area contributed by atoms with Gasteiger partial charge < -0.3 is 9.84 Å². The number of aromatic nitrogens is 1. The van der Waals surface area contributed by atoms with Crippen LogP contribution in [0.5, 0.6) is 0 Å². The Morgan fingerprint density at radius 3 is 2.50 bits per heavy atom. The van der Waals surface area contributed by atoms with Crippen molar-refractivity contribution >= 4 is 33.8 Å². The summed E-state index contributed by atoms with van der Waals surface area (Å²) in [6.07, 6.45) is 4.60. The van der Waals surface area contributed by atoms with Crippen molar-refractivity contribution < 1.29 is 17.7 Å². The lowest BCUT2D eigenvalue weighted by molar-refractivity contribution is -0.115. The van der Waals surface area contributed by atoms with E-state index in [1.807, 2.05) is 13.8 Å². The first-order chi connectivity index (χ1) is 13.2. The van der Waals surface area contributed by atoms with Crippen LogP contribution in [0.1, 0.15) is 50.6 Å². The van der Waals surface area contributed by atoms with Crippen molar-refractivity contribution in [2.24, 2.45) is 5.92 Å². The smallest absolute Gasteiger partial charge is 0.240 e. The topological polar surface area (TPSA) is 101 Å². The van der Waals surface area contributed by atoms with Gasteiger partial charge in [-0.25, -0.2) is 13.1 Å². The predicted molar refractivity (Wildman–Crippen MR) is 110 cm³/mol. The second-order valence-corrected chi connectivity index (χ2v) is 8.66. The second-order valence-electron chi connectivity index (χ2n) is 6.89. The molecular formula is C20H27N3O4S. The Morgan fingerprint density at radius 2 is 1.89 bits per heavy atom. The number of nitrogens with zero attached hydrogens (tertiary/aromatic N) is 1. The van der Waals surface area contributed by atoms with E-state index in [-0.39, 0.29) is 10.8 Å². The molecule has 0 bridgehead atoms. The van der Waals surface area contributed by atoms with E-state index in [0.717, 1.165) is 12.0 Å². The summed E-state index contributed by atoms with van der Waals surface area (Å²) >= 11 is 0. The standard InChI is InChI=1S/C20H27N3O4S/c1-5-19(24)22-20-15(4)23-27-18(20)11-8-16-6-9-17(10-7-16)28(25,26)21-13-12-14(2)3/h6-11,14,21H,5,12-13H2,1-4H3,(H,22,24). The molecule has 0 radical (unpaired) electrons. The molecule has 0 aliphatic heterocycles. The number of hydrogen-bond acceptors (Lipinski definition) is 5. The lowest BCUT2D eigenvalue weighted by atomic mass is 10.1. The van der Waals surface area contributed by atoms with Gasteiger partial charge in [-0.05, 0) is 43.0 Å². The molecule has 1 aromatic heterocycles. The van der Waals surface area contributed by atoms with Gasteiger partial charge in [-0.1, -0.05) is 44.1 Å². The van der Waals surface area contributed by atoms with Crippen LogP contribution >= 0.6 is 0 Å². The first kappa shape index (κ1) is 21.8. The maximum Gasteiger partial charge on any atom is 0.240 e. The molecule has 28 heavy (non-hydrogen) atoms. The molecule has 0 atom stereocenters. The van der Waals surface area contributed by atoms with Gasteiger partial charge in [-0.2, -0.15) is 0 Å². The van der Waals surface area contributed by atoms with E-state index in [0.29, 0.717) is 36.0 Å². The summed E-state index contributed by atoms with van der Waals surface area (Å²) in [6, 6.07) is 6.54. The highest BCUT2D eigenvalue weighted by molar-refractivity contribution is 7.89. The third-order valence-corrected chi connectivity index (χ3v) is 5.58. The highest BCUT2D eigenvalue weighted by atomic mass is 32.2. The normalized spacial score (nSPS) is 12.0. The summed E-state index contributed by atoms with van der Waals surface area (Å²) in [5.74, 6) is 0.744. The summed E-state index contributed by atoms with van der Waals surface area (Å²) in [6.45, 7) is 8.02. The Kier molecular flexibility index (Phi) is 7.53. The van der Waals surface area contributed by atoms with Crippen molar-refractivity contribution in [2.45, 2.75) is 45.4 Å². The third-order valence-electron chi connectivity index (χ3n) is 4.11. The largest absolute Gasteiger partial charge is 0.354 e. The van der Waals surface area contributed by atoms with Crippen LogP contribution in [0.2, 0.25) is 0 Å². The molecule has 2 N–H and O–H groups in total. The molecule has 152 valence electrons. The highest BCUT2D eigenvalue weighted by Gasteiger charge is 2.14. The van der Waals surface area contributed by atoms with Crippen molar-refractivity contribution in [1.29, 1.82) is 0 Å². The van der Waals surface area contributed by atoms with E-state index in [2.05, 4.69) is 15.2 Å². The zero-order valence-electron chi connectivity index (χ0n) is 16.7. The molecule has 0 saturated carbocycles. The monoisotopic (exact) mass is 405 g/mol. The minimum atomic E-state index is -3.51. The summed E-state index contributed by atoms with van der Waals surface area (Å²) in [4.78, 5) is 11.9. The van der Waals surface area contributed by atoms with Crippen LogP contribution < -0.4 is 10.0 Å². The summed E-state index contributed by atoms with van der Waals surface area (Å²) in [7, 11) is -3.51. The number of carbonyl (C=O) groups is 1. The Balaban J connectivity index is 2.10. The molecule has 0 fully saturated rings. The maximum atomic E-state index is 12.3. The summed E-state index contributed by atoms with van der Waals surface area (Å²) < 4.78 is 32.4. The number of aryl methyl sites for hydroxylation is 1. The Bertz CT molecular complexity index is 929. The van der Waals surface area contributed by atoms with Gasteiger partial charge in [-0.3, -0.25) is 4.79 Å². The van der Waals surface area contributed by atoms with Gasteiger partial charge in [0.25, 0.3) is 0 Å². The fourth-order valence-corrected chi connectivity index (χ4v) is 3.42. The number of sulfonamides is 1. The average molecular weight is 406 g/mol. The van der Waals surface area contributed by atoms with Gasteiger partial charge in [0, 0.05) is 13.0 Å². The lowest BCUT2D eigenvalue weighted by Crippen LogP contribution is -2.25. The quantitative estimate of drug-likeness (QED) is 0.660. The van der Waals surface area contributed by atoms with E-state index in [9.17, 15) is 13.2 Å². The maximum absolute atomic E-state index is 12.3. The van der Waals surface area contributed by atoms with E-state index in [1.54, 1.807) is 50.3 Å². The third kappa shape index (κ3) is 6.03. The van der Waals surface area contributed by atoms with Crippen molar-refractivity contribution in [3.05, 3.63) is 41.3 Å². The molecular weight excluding hydrogens is 378 g/mol. The molecule has 0 unspecified atom stereocenters. The second kappa shape index (κ2) is 9.66. The minimum Gasteiger partial charge on any atom is -0.354 e. The Labute approximate surface area is 166 Å². The lowest BCUT2D eigenvalue weighted by Gasteiger charge is -2.08. The predicted octanol–water partition coefficient (Wildman–Crippen LogP) is 3.83. The highest BCUT2D eigenvalue weighted by Crippen LogP contribution is 2.23. The van der Waals surface area contributed by atoms with Crippen molar-refractivity contribution in [2.75, 3.05) is 11.9 Å². The molecule has 0 aliphatic carbocycles. The van der Waals surface area contributed by atoms with Gasteiger partial charge in [0.05, 0.1) is 4.90 Å². The first-order valence-corrected chi connectivity index (χ1v) is 10.7. The van der Waals surface area contributed by atoms with E-state index in [4.69, 9.17) is 4.52 Å². The molecule has 7 nitrogen and oxygen atoms in total. The molecule has 1 amide bonds. The molecule has 0 aliphatic rings. The van der Waals surface area contributed by atoms with Crippen LogP contribution in [0.4, 0.5) is 5.69 Å². The molecule has 0 spiro atoms. The number of benzene rings is 1. The van der Waals surface area contributed by atoms with Crippen LogP contribution in [-0.2, 0) is 14.8 Å². The Morgan fingerprint density at radius 1 is 1.21 bits per heavy atom. The molecule has 8 heteroatoms. The summed E-state index contributed by atoms with van der Waals surface area (Å²) in [5.41, 5.74) is 1.93. The molecule has 1 aromatic carbocycles. The molecule has 2 aromatic rings. The fourth-order valence-electron chi connectivity index (χ4n) is 2.38. The first-order valence-electron chi connectivity index (χ1n) is 9.27. The SMILES string of the molecule is CCC(=O)Nc1c(C)noc1C=Cc1ccc(S(=O)(=O)NCCC(C)C)cc1. The number of hydrogen-bond donors (Lipinski definition) is 2. The van der Waals surface area contributed by atoms with E-state index >= 15 is 0 Å². The van der Waals surface area contributed by atoms with Crippen LogP contribution in [0, 0.1) is 12.8 Å². The fraction of sp³-hybridized carbons (Fsp3) is 0.400. The Hall–Kier alpha value is -2.45. The van der Waals surface area contributed by atoms with Crippen molar-refractivity contribution in [3.63, 3.8) is 0 Å². The average Bonchev–Trinajstić information content (AvgIpc) is 2.99. The zero-order valence-corrected chi connectivity index (χ0v) is 17.5. The van der Waals surface area contributed by atoms with Gasteiger partial charge in [0.1, 0.15) is 11.4 Å². The van der Waals surface area contributed by atoms with Gasteiger partial charge in [0.15, 0.2) is 5.76 Å². The van der Waals surface area contributed by atoms with Crippen LogP contribution in [0.25, 0.3) is 12.2 Å². The number of carbonyl (C=O) groups excluding carboxylic acids is 1. The van der Waals surface area contributed by atoms with E-state index in [1.165, 1.54) is 0 Å². The van der Waals surface area contributed by atoms with Crippen LogP contribution in [0.3, 0.4) is 0 Å². The van der Waals surface area contributed by atoms with Gasteiger partial charge in [0.2, 0.25) is 15.9 Å².